The van der Waals surface area contributed by atoms with E-state index in [-0.39, 0.29) is 21.1 Å². The summed E-state index contributed by atoms with van der Waals surface area (Å²) in [5.74, 6) is 0.708. The maximum absolute atomic E-state index is 5.56. The first kappa shape index (κ1) is 14.5. The van der Waals surface area contributed by atoms with Crippen LogP contribution in [0.4, 0.5) is 5.82 Å². The van der Waals surface area contributed by atoms with Crippen molar-refractivity contribution in [2.45, 2.75) is 13.8 Å². The van der Waals surface area contributed by atoms with Gasteiger partial charge in [0.1, 0.15) is 0 Å². The van der Waals surface area contributed by atoms with Gasteiger partial charge in [0.05, 0.1) is 0 Å². The predicted molar refractivity (Wildman–Crippen MR) is 49.5 cm³/mol. The molecule has 12 heavy (non-hydrogen) atoms. The molecular formula is C8H12ClN2Pt-. The molecule has 0 radical (unpaired) electrons. The van der Waals surface area contributed by atoms with E-state index in [4.69, 9.17) is 11.6 Å². The van der Waals surface area contributed by atoms with Crippen LogP contribution in [0.25, 0.3) is 5.32 Å². The average Bonchev–Trinajstić information content (AvgIpc) is 2.10. The Morgan fingerprint density at radius 1 is 1.33 bits per heavy atom. The molecule has 0 saturated heterocycles. The second kappa shape index (κ2) is 9.02. The number of nitrogens with zero attached hydrogens (tertiary/aromatic N) is 2. The molecule has 1 aromatic heterocycles. The fourth-order valence-electron chi connectivity index (χ4n) is 0.500. The Kier molecular flexibility index (Phi) is 10.9. The van der Waals surface area contributed by atoms with Gasteiger partial charge in [-0.05, 0) is 6.07 Å². The fourth-order valence-corrected chi connectivity index (χ4v) is 0.612. The van der Waals surface area contributed by atoms with E-state index in [0.29, 0.717) is 10.8 Å². The zero-order chi connectivity index (χ0) is 8.69. The summed E-state index contributed by atoms with van der Waals surface area (Å²) in [5, 5.41) is 4.48. The first-order chi connectivity index (χ1) is 5.33. The van der Waals surface area contributed by atoms with Gasteiger partial charge in [-0.2, -0.15) is 0 Å². The van der Waals surface area contributed by atoms with E-state index in [1.54, 1.807) is 25.4 Å². The summed E-state index contributed by atoms with van der Waals surface area (Å²) >= 11 is 5.56. The van der Waals surface area contributed by atoms with E-state index in [1.807, 2.05) is 13.8 Å². The van der Waals surface area contributed by atoms with Crippen LogP contribution in [0.3, 0.4) is 0 Å². The van der Waals surface area contributed by atoms with Crippen LogP contribution in [0.2, 0.25) is 5.02 Å². The second-order valence-electron chi connectivity index (χ2n) is 1.56. The largest absolute Gasteiger partial charge is 0.469 e. The zero-order valence-electron chi connectivity index (χ0n) is 7.32. The van der Waals surface area contributed by atoms with Crippen LogP contribution in [0.15, 0.2) is 18.3 Å². The Morgan fingerprint density at radius 2 is 1.92 bits per heavy atom. The van der Waals surface area contributed by atoms with Crippen LogP contribution in [0.1, 0.15) is 13.8 Å². The molecule has 2 nitrogen and oxygen atoms in total. The van der Waals surface area contributed by atoms with Gasteiger partial charge in [-0.15, -0.1) is 0 Å². The maximum Gasteiger partial charge on any atom is 0.0364 e. The second-order valence-corrected chi connectivity index (χ2v) is 1.99. The fraction of sp³-hybridized carbons (Fsp3) is 0.375. The van der Waals surface area contributed by atoms with Crippen LogP contribution in [0, 0.1) is 0 Å². The van der Waals surface area contributed by atoms with Gasteiger partial charge in [0.2, 0.25) is 0 Å². The van der Waals surface area contributed by atoms with Crippen molar-refractivity contribution in [2.24, 2.45) is 0 Å². The van der Waals surface area contributed by atoms with Crippen molar-refractivity contribution in [2.75, 3.05) is 7.05 Å². The van der Waals surface area contributed by atoms with E-state index in [9.17, 15) is 0 Å². The summed E-state index contributed by atoms with van der Waals surface area (Å²) in [6.07, 6.45) is 1.57. The van der Waals surface area contributed by atoms with Gasteiger partial charge in [0.25, 0.3) is 0 Å². The molecule has 0 atom stereocenters. The average molecular weight is 367 g/mol. The third kappa shape index (κ3) is 5.56. The van der Waals surface area contributed by atoms with Crippen LogP contribution < -0.4 is 0 Å². The summed E-state index contributed by atoms with van der Waals surface area (Å²) in [5.41, 5.74) is 0. The Balaban J connectivity index is 0. The van der Waals surface area contributed by atoms with Gasteiger partial charge in [-0.25, -0.2) is 0 Å². The molecule has 1 aromatic rings. The standard InChI is InChI=1S/C6H6ClN2.C2H6.Pt/c1-8-6-3-2-5(7)4-9-6;1-2;/h2-4H,1H3;1-2H3;/q-1;;. The van der Waals surface area contributed by atoms with E-state index < -0.39 is 0 Å². The van der Waals surface area contributed by atoms with E-state index in [1.165, 1.54) is 0 Å². The molecule has 1 heterocycles. The normalized spacial score (nSPS) is 7.33. The maximum atomic E-state index is 5.56. The number of aromatic nitrogens is 1. The number of pyridine rings is 1. The molecule has 0 amide bonds. The van der Waals surface area contributed by atoms with Gasteiger partial charge >= 0.3 is 0 Å². The summed E-state index contributed by atoms with van der Waals surface area (Å²) in [7, 11) is 1.69. The van der Waals surface area contributed by atoms with Crippen molar-refractivity contribution in [1.82, 2.24) is 4.98 Å². The van der Waals surface area contributed by atoms with Gasteiger partial charge in [-0.1, -0.05) is 50.6 Å². The van der Waals surface area contributed by atoms with Crippen molar-refractivity contribution in [3.05, 3.63) is 28.7 Å². The number of hydrogen-bond donors (Lipinski definition) is 0. The Hall–Kier alpha value is -0.0717. The molecule has 0 saturated carbocycles. The Bertz CT molecular complexity index is 189. The summed E-state index contributed by atoms with van der Waals surface area (Å²) in [6.45, 7) is 4.00. The zero-order valence-corrected chi connectivity index (χ0v) is 10.3. The number of rotatable bonds is 1. The first-order valence-corrected chi connectivity index (χ1v) is 3.92. The molecule has 0 N–H and O–H groups in total. The van der Waals surface area contributed by atoms with Gasteiger partial charge < -0.3 is 10.3 Å². The molecule has 72 valence electrons. The molecule has 0 spiro atoms. The molecule has 0 bridgehead atoms. The minimum atomic E-state index is 0. The van der Waals surface area contributed by atoms with Crippen molar-refractivity contribution in [1.29, 1.82) is 0 Å². The van der Waals surface area contributed by atoms with E-state index >= 15 is 0 Å². The number of halogens is 1. The topological polar surface area (TPSA) is 27.0 Å². The molecule has 0 unspecified atom stereocenters. The van der Waals surface area contributed by atoms with Gasteiger partial charge in [0, 0.05) is 26.1 Å². The summed E-state index contributed by atoms with van der Waals surface area (Å²) in [6, 6.07) is 3.53. The molecule has 0 aliphatic heterocycles. The minimum Gasteiger partial charge on any atom is -0.469 e. The van der Waals surface area contributed by atoms with Crippen LogP contribution >= 0.6 is 11.6 Å². The van der Waals surface area contributed by atoms with E-state index in [2.05, 4.69) is 10.3 Å². The van der Waals surface area contributed by atoms with Crippen LogP contribution in [-0.2, 0) is 21.1 Å². The number of hydrogen-bond acceptors (Lipinski definition) is 1. The minimum absolute atomic E-state index is 0. The smallest absolute Gasteiger partial charge is 0.0364 e. The monoisotopic (exact) mass is 366 g/mol. The molecule has 0 fully saturated rings. The molecule has 0 aliphatic rings. The molecule has 4 heteroatoms. The van der Waals surface area contributed by atoms with Crippen molar-refractivity contribution >= 4 is 17.4 Å². The Labute approximate surface area is 93.0 Å². The predicted octanol–water partition coefficient (Wildman–Crippen LogP) is 3.39. The Morgan fingerprint density at radius 3 is 2.25 bits per heavy atom. The third-order valence-corrected chi connectivity index (χ3v) is 1.16. The van der Waals surface area contributed by atoms with Gasteiger partial charge in [-0.3, -0.25) is 0 Å². The third-order valence-electron chi connectivity index (χ3n) is 0.941. The SMILES string of the molecule is CC.C[N-]c1ccc(Cl)cn1.[Pt]. The molecule has 1 rings (SSSR count). The van der Waals surface area contributed by atoms with E-state index in [0.717, 1.165) is 0 Å². The molecular weight excluding hydrogens is 355 g/mol. The quantitative estimate of drug-likeness (QED) is 0.748. The van der Waals surface area contributed by atoms with Crippen molar-refractivity contribution in [3.8, 4) is 0 Å². The summed E-state index contributed by atoms with van der Waals surface area (Å²) < 4.78 is 0. The van der Waals surface area contributed by atoms with Crippen molar-refractivity contribution in [3.63, 3.8) is 0 Å². The van der Waals surface area contributed by atoms with Gasteiger partial charge in [0.15, 0.2) is 0 Å². The summed E-state index contributed by atoms with van der Waals surface area (Å²) in [4.78, 5) is 3.90. The molecule has 0 aromatic carbocycles. The first-order valence-electron chi connectivity index (χ1n) is 3.54. The van der Waals surface area contributed by atoms with Crippen LogP contribution in [0.5, 0.6) is 0 Å². The van der Waals surface area contributed by atoms with Crippen LogP contribution in [-0.4, -0.2) is 12.0 Å². The van der Waals surface area contributed by atoms with Crippen molar-refractivity contribution < 1.29 is 21.1 Å². The molecule has 0 aliphatic carbocycles.